The van der Waals surface area contributed by atoms with E-state index in [-0.39, 0.29) is 11.6 Å². The van der Waals surface area contributed by atoms with Crippen LogP contribution in [0.25, 0.3) is 0 Å². The summed E-state index contributed by atoms with van der Waals surface area (Å²) in [4.78, 5) is 38.1. The number of ketones is 1. The molecule has 0 unspecified atom stereocenters. The van der Waals surface area contributed by atoms with Crippen molar-refractivity contribution in [1.29, 1.82) is 0 Å². The van der Waals surface area contributed by atoms with E-state index in [1.807, 2.05) is 13.8 Å². The molecule has 0 aliphatic carbocycles. The van der Waals surface area contributed by atoms with Gasteiger partial charge in [0, 0.05) is 12.1 Å². The molecule has 1 fully saturated rings. The Morgan fingerprint density at radius 1 is 1.29 bits per heavy atom. The molecule has 1 saturated heterocycles. The minimum absolute atomic E-state index is 0.0887. The van der Waals surface area contributed by atoms with Gasteiger partial charge in [-0.25, -0.2) is 0 Å². The summed E-state index contributed by atoms with van der Waals surface area (Å²) in [5, 5.41) is 2.44. The number of rotatable bonds is 4. The van der Waals surface area contributed by atoms with E-state index in [4.69, 9.17) is 0 Å². The number of carbonyl (C=O) groups is 3. The van der Waals surface area contributed by atoms with E-state index in [2.05, 4.69) is 11.9 Å². The van der Waals surface area contributed by atoms with Gasteiger partial charge in [-0.1, -0.05) is 50.8 Å². The Morgan fingerprint density at radius 3 is 2.48 bits per heavy atom. The minimum atomic E-state index is -1.18. The van der Waals surface area contributed by atoms with Crippen molar-refractivity contribution in [2.24, 2.45) is 5.92 Å². The molecule has 2 rings (SSSR count). The molecular formula is C16H18N2O3. The maximum atomic E-state index is 12.5. The molecule has 1 heterocycles. The summed E-state index contributed by atoms with van der Waals surface area (Å²) in [5.41, 5.74) is 0.485. The Bertz CT molecular complexity index is 593. The number of piperazine rings is 1. The lowest BCUT2D eigenvalue weighted by Crippen LogP contribution is -2.59. The number of nitrogens with zero attached hydrogens (tertiary/aromatic N) is 1. The SMILES string of the molecule is C=C1C(=O)N[C@@H](C(=O)c2ccccc2)C(=O)N1CC(C)C. The van der Waals surface area contributed by atoms with E-state index in [0.717, 1.165) is 0 Å². The Balaban J connectivity index is 2.28. The maximum absolute atomic E-state index is 12.5. The second kappa shape index (κ2) is 5.91. The van der Waals surface area contributed by atoms with Gasteiger partial charge < -0.3 is 10.2 Å². The molecule has 1 N–H and O–H groups in total. The average molecular weight is 286 g/mol. The highest BCUT2D eigenvalue weighted by atomic mass is 16.2. The van der Waals surface area contributed by atoms with Crippen molar-refractivity contribution in [3.8, 4) is 0 Å². The van der Waals surface area contributed by atoms with E-state index in [0.29, 0.717) is 12.1 Å². The Labute approximate surface area is 123 Å². The summed E-state index contributed by atoms with van der Waals surface area (Å²) in [6.45, 7) is 7.86. The first-order valence-electron chi connectivity index (χ1n) is 6.82. The van der Waals surface area contributed by atoms with Crippen molar-refractivity contribution in [1.82, 2.24) is 10.2 Å². The molecule has 1 aliphatic rings. The fraction of sp³-hybridized carbons (Fsp3) is 0.312. The highest BCUT2D eigenvalue weighted by molar-refractivity contribution is 6.19. The molecule has 21 heavy (non-hydrogen) atoms. The molecule has 5 heteroatoms. The monoisotopic (exact) mass is 286 g/mol. The van der Waals surface area contributed by atoms with Crippen molar-refractivity contribution >= 4 is 17.6 Å². The van der Waals surface area contributed by atoms with Gasteiger partial charge in [0.25, 0.3) is 11.8 Å². The zero-order chi connectivity index (χ0) is 15.6. The number of benzene rings is 1. The first-order chi connectivity index (χ1) is 9.91. The van der Waals surface area contributed by atoms with Gasteiger partial charge in [-0.05, 0) is 5.92 Å². The third kappa shape index (κ3) is 3.02. The van der Waals surface area contributed by atoms with Gasteiger partial charge in [0.15, 0.2) is 11.8 Å². The number of nitrogens with one attached hydrogen (secondary N) is 1. The van der Waals surface area contributed by atoms with Gasteiger partial charge in [0.05, 0.1) is 0 Å². The van der Waals surface area contributed by atoms with Crippen LogP contribution in [0, 0.1) is 5.92 Å². The lowest BCUT2D eigenvalue weighted by molar-refractivity contribution is -0.139. The largest absolute Gasteiger partial charge is 0.332 e. The molecule has 5 nitrogen and oxygen atoms in total. The van der Waals surface area contributed by atoms with E-state index in [1.165, 1.54) is 4.90 Å². The topological polar surface area (TPSA) is 66.5 Å². The van der Waals surface area contributed by atoms with Crippen LogP contribution in [0.4, 0.5) is 0 Å². The van der Waals surface area contributed by atoms with Crippen LogP contribution in [0.1, 0.15) is 24.2 Å². The number of hydrogen-bond donors (Lipinski definition) is 1. The fourth-order valence-corrected chi connectivity index (χ4v) is 2.20. The lowest BCUT2D eigenvalue weighted by atomic mass is 10.00. The summed E-state index contributed by atoms with van der Waals surface area (Å²) >= 11 is 0. The van der Waals surface area contributed by atoms with Crippen LogP contribution >= 0.6 is 0 Å². The second-order valence-electron chi connectivity index (χ2n) is 5.43. The summed E-state index contributed by atoms with van der Waals surface area (Å²) in [5.74, 6) is -1.15. The second-order valence-corrected chi connectivity index (χ2v) is 5.43. The molecule has 1 aromatic carbocycles. The molecule has 0 spiro atoms. The quantitative estimate of drug-likeness (QED) is 0.516. The zero-order valence-electron chi connectivity index (χ0n) is 12.1. The Hall–Kier alpha value is -2.43. The molecule has 0 saturated carbocycles. The van der Waals surface area contributed by atoms with Crippen LogP contribution in [0.3, 0.4) is 0 Å². The van der Waals surface area contributed by atoms with Crippen LogP contribution in [0.15, 0.2) is 42.6 Å². The Kier molecular flexibility index (Phi) is 4.21. The normalized spacial score (nSPS) is 18.9. The van der Waals surface area contributed by atoms with E-state index in [9.17, 15) is 14.4 Å². The number of Topliss-reactive ketones (excluding diaryl/α,β-unsaturated/α-hetero) is 1. The predicted octanol–water partition coefficient (Wildman–Crippen LogP) is 1.37. The van der Waals surface area contributed by atoms with Crippen LogP contribution < -0.4 is 5.32 Å². The van der Waals surface area contributed by atoms with Crippen molar-refractivity contribution in [2.75, 3.05) is 6.54 Å². The number of hydrogen-bond acceptors (Lipinski definition) is 3. The Morgan fingerprint density at radius 2 is 1.90 bits per heavy atom. The molecule has 0 aromatic heterocycles. The molecule has 1 atom stereocenters. The van der Waals surface area contributed by atoms with Gasteiger partial charge in [0.2, 0.25) is 0 Å². The van der Waals surface area contributed by atoms with Gasteiger partial charge in [0.1, 0.15) is 5.70 Å². The summed E-state index contributed by atoms with van der Waals surface area (Å²) in [6.07, 6.45) is 0. The standard InChI is InChI=1S/C16H18N2O3/c1-10(2)9-18-11(3)15(20)17-13(16(18)21)14(19)12-7-5-4-6-8-12/h4-8,10,13H,3,9H2,1-2H3,(H,17,20)/t13-/m0/s1. The van der Waals surface area contributed by atoms with Crippen molar-refractivity contribution in [3.63, 3.8) is 0 Å². The minimum Gasteiger partial charge on any atom is -0.332 e. The summed E-state index contributed by atoms with van der Waals surface area (Å²) in [7, 11) is 0. The van der Waals surface area contributed by atoms with Crippen LogP contribution in [0.2, 0.25) is 0 Å². The molecule has 1 aliphatic heterocycles. The van der Waals surface area contributed by atoms with E-state index in [1.54, 1.807) is 30.3 Å². The molecular weight excluding hydrogens is 268 g/mol. The van der Waals surface area contributed by atoms with Gasteiger partial charge >= 0.3 is 0 Å². The third-order valence-corrected chi connectivity index (χ3v) is 3.24. The van der Waals surface area contributed by atoms with Gasteiger partial charge in [-0.15, -0.1) is 0 Å². The average Bonchev–Trinajstić information content (AvgIpc) is 2.47. The zero-order valence-corrected chi connectivity index (χ0v) is 12.1. The molecule has 1 aromatic rings. The third-order valence-electron chi connectivity index (χ3n) is 3.24. The molecule has 2 amide bonds. The van der Waals surface area contributed by atoms with Crippen molar-refractivity contribution in [3.05, 3.63) is 48.2 Å². The lowest BCUT2D eigenvalue weighted by Gasteiger charge is -2.34. The number of amides is 2. The first kappa shape index (κ1) is 15.0. The number of carbonyl (C=O) groups excluding carboxylic acids is 3. The van der Waals surface area contributed by atoms with Gasteiger partial charge in [-0.3, -0.25) is 14.4 Å². The smallest absolute Gasteiger partial charge is 0.268 e. The summed E-state index contributed by atoms with van der Waals surface area (Å²) < 4.78 is 0. The van der Waals surface area contributed by atoms with Gasteiger partial charge in [-0.2, -0.15) is 0 Å². The molecule has 0 bridgehead atoms. The fourth-order valence-electron chi connectivity index (χ4n) is 2.20. The van der Waals surface area contributed by atoms with Crippen molar-refractivity contribution in [2.45, 2.75) is 19.9 Å². The highest BCUT2D eigenvalue weighted by Gasteiger charge is 2.40. The maximum Gasteiger partial charge on any atom is 0.268 e. The molecule has 110 valence electrons. The first-order valence-corrected chi connectivity index (χ1v) is 6.82. The van der Waals surface area contributed by atoms with Crippen molar-refractivity contribution < 1.29 is 14.4 Å². The summed E-state index contributed by atoms with van der Waals surface area (Å²) in [6, 6.07) is 7.28. The van der Waals surface area contributed by atoms with E-state index < -0.39 is 23.6 Å². The van der Waals surface area contributed by atoms with Crippen LogP contribution in [-0.4, -0.2) is 35.1 Å². The molecule has 0 radical (unpaired) electrons. The van der Waals surface area contributed by atoms with Crippen LogP contribution in [0.5, 0.6) is 0 Å². The van der Waals surface area contributed by atoms with E-state index >= 15 is 0 Å². The van der Waals surface area contributed by atoms with Crippen LogP contribution in [-0.2, 0) is 9.59 Å². The highest BCUT2D eigenvalue weighted by Crippen LogP contribution is 2.17. The predicted molar refractivity (Wildman–Crippen MR) is 78.4 cm³/mol.